The maximum absolute atomic E-state index is 12.7. The molecule has 0 aromatic heterocycles. The summed E-state index contributed by atoms with van der Waals surface area (Å²) in [7, 11) is 1.73. The minimum absolute atomic E-state index is 0.222. The molecule has 0 spiro atoms. The van der Waals surface area contributed by atoms with Crippen molar-refractivity contribution >= 4 is 5.91 Å². The minimum Gasteiger partial charge on any atom is -0.383 e. The molecule has 4 nitrogen and oxygen atoms in total. The van der Waals surface area contributed by atoms with Crippen molar-refractivity contribution in [2.24, 2.45) is 17.8 Å². The third-order valence-corrected chi connectivity index (χ3v) is 5.17. The molecule has 0 aromatic rings. The number of allylic oxidation sites excluding steroid dienone is 2. The highest BCUT2D eigenvalue weighted by atomic mass is 16.5. The van der Waals surface area contributed by atoms with Gasteiger partial charge in [-0.15, -0.1) is 0 Å². The summed E-state index contributed by atoms with van der Waals surface area (Å²) in [6.07, 6.45) is 7.93. The van der Waals surface area contributed by atoms with E-state index in [0.29, 0.717) is 5.91 Å². The van der Waals surface area contributed by atoms with Crippen molar-refractivity contribution in [2.45, 2.75) is 19.3 Å². The summed E-state index contributed by atoms with van der Waals surface area (Å²) in [5.74, 6) is 2.06. The van der Waals surface area contributed by atoms with Crippen LogP contribution in [0.2, 0.25) is 0 Å². The molecular weight excluding hydrogens is 252 g/mol. The van der Waals surface area contributed by atoms with Crippen LogP contribution in [0.25, 0.3) is 0 Å². The van der Waals surface area contributed by atoms with Crippen molar-refractivity contribution in [2.75, 3.05) is 46.4 Å². The highest BCUT2D eigenvalue weighted by Gasteiger charge is 2.38. The van der Waals surface area contributed by atoms with E-state index in [9.17, 15) is 4.79 Å². The van der Waals surface area contributed by atoms with Gasteiger partial charge in [0.25, 0.3) is 0 Å². The van der Waals surface area contributed by atoms with E-state index in [4.69, 9.17) is 4.74 Å². The van der Waals surface area contributed by atoms with Gasteiger partial charge in [-0.2, -0.15) is 0 Å². The van der Waals surface area contributed by atoms with Crippen LogP contribution in [0.4, 0.5) is 0 Å². The lowest BCUT2D eigenvalue weighted by molar-refractivity contribution is -0.134. The van der Waals surface area contributed by atoms with E-state index in [1.807, 2.05) is 0 Å². The number of amides is 1. The maximum atomic E-state index is 12.7. The molecule has 3 rings (SSSR count). The molecule has 2 fully saturated rings. The predicted octanol–water partition coefficient (Wildman–Crippen LogP) is 1.38. The van der Waals surface area contributed by atoms with Crippen molar-refractivity contribution in [1.29, 1.82) is 0 Å². The van der Waals surface area contributed by atoms with Crippen molar-refractivity contribution in [3.8, 4) is 0 Å². The van der Waals surface area contributed by atoms with E-state index in [1.54, 1.807) is 7.11 Å². The molecule has 0 N–H and O–H groups in total. The fourth-order valence-corrected chi connectivity index (χ4v) is 3.91. The molecule has 112 valence electrons. The number of methoxy groups -OCH3 is 1. The monoisotopic (exact) mass is 278 g/mol. The largest absolute Gasteiger partial charge is 0.383 e. The van der Waals surface area contributed by atoms with E-state index < -0.39 is 0 Å². The first-order chi connectivity index (χ1) is 9.78. The molecule has 2 aliphatic heterocycles. The molecule has 0 unspecified atom stereocenters. The number of hydrogen-bond acceptors (Lipinski definition) is 3. The van der Waals surface area contributed by atoms with Gasteiger partial charge in [0.2, 0.25) is 5.91 Å². The van der Waals surface area contributed by atoms with Gasteiger partial charge in [-0.25, -0.2) is 0 Å². The molecule has 0 radical (unpaired) electrons. The second-order valence-corrected chi connectivity index (χ2v) is 6.49. The Bertz CT molecular complexity index is 367. The van der Waals surface area contributed by atoms with Gasteiger partial charge < -0.3 is 14.5 Å². The van der Waals surface area contributed by atoms with Crippen molar-refractivity contribution < 1.29 is 9.53 Å². The van der Waals surface area contributed by atoms with Gasteiger partial charge in [-0.1, -0.05) is 12.2 Å². The van der Waals surface area contributed by atoms with Gasteiger partial charge in [0.05, 0.1) is 12.5 Å². The summed E-state index contributed by atoms with van der Waals surface area (Å²) in [6.45, 7) is 5.66. The van der Waals surface area contributed by atoms with E-state index in [2.05, 4.69) is 22.0 Å². The first kappa shape index (κ1) is 14.1. The molecule has 1 amide bonds. The average Bonchev–Trinajstić information content (AvgIpc) is 3.10. The zero-order chi connectivity index (χ0) is 13.9. The lowest BCUT2D eigenvalue weighted by Gasteiger charge is -2.21. The van der Waals surface area contributed by atoms with E-state index in [-0.39, 0.29) is 5.92 Å². The third-order valence-electron chi connectivity index (χ3n) is 5.17. The zero-order valence-corrected chi connectivity index (χ0v) is 12.5. The van der Waals surface area contributed by atoms with Gasteiger partial charge in [0.1, 0.15) is 0 Å². The first-order valence-corrected chi connectivity index (χ1v) is 7.93. The first-order valence-electron chi connectivity index (χ1n) is 7.93. The molecule has 2 heterocycles. The number of carbonyl (C=O) groups excluding carboxylic acids is 1. The standard InChI is InChI=1S/C16H26N2O2/c1-20-9-8-17-7-6-15(10-17)16(19)18-11-13-4-2-3-5-14(13)12-18/h2-3,13-15H,4-12H2,1H3/t13-,14+,15-/m0/s1. The smallest absolute Gasteiger partial charge is 0.227 e. The molecule has 3 aliphatic rings. The van der Waals surface area contributed by atoms with Gasteiger partial charge in [-0.3, -0.25) is 4.79 Å². The number of hydrogen-bond donors (Lipinski definition) is 0. The number of ether oxygens (including phenoxy) is 1. The lowest BCUT2D eigenvalue weighted by Crippen LogP contribution is -2.36. The van der Waals surface area contributed by atoms with E-state index in [1.165, 1.54) is 12.8 Å². The summed E-state index contributed by atoms with van der Waals surface area (Å²) in [5, 5.41) is 0. The Morgan fingerprint density at radius 3 is 2.55 bits per heavy atom. The van der Waals surface area contributed by atoms with Crippen LogP contribution in [0.1, 0.15) is 19.3 Å². The molecule has 4 heteroatoms. The maximum Gasteiger partial charge on any atom is 0.227 e. The SMILES string of the molecule is COCCN1CC[C@H](C(=O)N2C[C@H]3CC=CC[C@H]3C2)C1. The van der Waals surface area contributed by atoms with Crippen LogP contribution in [-0.4, -0.2) is 62.1 Å². The van der Waals surface area contributed by atoms with Crippen molar-refractivity contribution in [3.05, 3.63) is 12.2 Å². The van der Waals surface area contributed by atoms with Gasteiger partial charge in [0, 0.05) is 33.3 Å². The fraction of sp³-hybridized carbons (Fsp3) is 0.812. The molecule has 20 heavy (non-hydrogen) atoms. The number of nitrogens with zero attached hydrogens (tertiary/aromatic N) is 2. The fourth-order valence-electron chi connectivity index (χ4n) is 3.91. The molecule has 1 aliphatic carbocycles. The Balaban J connectivity index is 1.50. The number of fused-ring (bicyclic) bond motifs is 1. The van der Waals surface area contributed by atoms with Crippen molar-refractivity contribution in [3.63, 3.8) is 0 Å². The van der Waals surface area contributed by atoms with Crippen LogP contribution in [0.5, 0.6) is 0 Å². The summed E-state index contributed by atoms with van der Waals surface area (Å²) in [4.78, 5) is 17.2. The van der Waals surface area contributed by atoms with Gasteiger partial charge in [0.15, 0.2) is 0 Å². The quantitative estimate of drug-likeness (QED) is 0.728. The van der Waals surface area contributed by atoms with Gasteiger partial charge in [-0.05, 0) is 37.6 Å². The summed E-state index contributed by atoms with van der Waals surface area (Å²) in [6, 6.07) is 0. The highest BCUT2D eigenvalue weighted by Crippen LogP contribution is 2.34. The third kappa shape index (κ3) is 2.91. The molecule has 3 atom stereocenters. The minimum atomic E-state index is 0.222. The van der Waals surface area contributed by atoms with Crippen LogP contribution < -0.4 is 0 Å². The molecule has 0 saturated carbocycles. The number of carbonyl (C=O) groups is 1. The molecular formula is C16H26N2O2. The van der Waals surface area contributed by atoms with Crippen LogP contribution in [0.15, 0.2) is 12.2 Å². The molecule has 0 bridgehead atoms. The van der Waals surface area contributed by atoms with E-state index >= 15 is 0 Å². The summed E-state index contributed by atoms with van der Waals surface area (Å²) < 4.78 is 5.12. The molecule has 2 saturated heterocycles. The van der Waals surface area contributed by atoms with E-state index in [0.717, 1.165) is 57.6 Å². The Hall–Kier alpha value is -0.870. The van der Waals surface area contributed by atoms with Crippen LogP contribution in [-0.2, 0) is 9.53 Å². The van der Waals surface area contributed by atoms with Crippen molar-refractivity contribution in [1.82, 2.24) is 9.80 Å². The Morgan fingerprint density at radius 2 is 1.90 bits per heavy atom. The average molecular weight is 278 g/mol. The summed E-state index contributed by atoms with van der Waals surface area (Å²) in [5.41, 5.74) is 0. The number of rotatable bonds is 4. The van der Waals surface area contributed by atoms with Crippen LogP contribution >= 0.6 is 0 Å². The Kier molecular flexibility index (Phi) is 4.41. The highest BCUT2D eigenvalue weighted by molar-refractivity contribution is 5.79. The predicted molar refractivity (Wildman–Crippen MR) is 78.4 cm³/mol. The Labute approximate surface area is 121 Å². The summed E-state index contributed by atoms with van der Waals surface area (Å²) >= 11 is 0. The lowest BCUT2D eigenvalue weighted by atomic mass is 9.86. The second-order valence-electron chi connectivity index (χ2n) is 6.49. The van der Waals surface area contributed by atoms with Crippen LogP contribution in [0.3, 0.4) is 0 Å². The van der Waals surface area contributed by atoms with Gasteiger partial charge >= 0.3 is 0 Å². The topological polar surface area (TPSA) is 32.8 Å². The second kappa shape index (κ2) is 6.27. The van der Waals surface area contributed by atoms with Crippen LogP contribution in [0, 0.1) is 17.8 Å². The normalized spacial score (nSPS) is 33.6. The zero-order valence-electron chi connectivity index (χ0n) is 12.5. The number of likely N-dealkylation sites (tertiary alicyclic amines) is 2. The Morgan fingerprint density at radius 1 is 1.20 bits per heavy atom. The molecule has 0 aromatic carbocycles.